The first-order chi connectivity index (χ1) is 8.37. The molecule has 1 saturated carbocycles. The highest BCUT2D eigenvalue weighted by atomic mass is 16.6. The van der Waals surface area contributed by atoms with Crippen LogP contribution < -0.4 is 0 Å². The van der Waals surface area contributed by atoms with Gasteiger partial charge in [0.1, 0.15) is 5.60 Å². The molecule has 0 spiro atoms. The summed E-state index contributed by atoms with van der Waals surface area (Å²) in [6.45, 7) is 5.31. The maximum absolute atomic E-state index is 11.8. The molecule has 2 rings (SSSR count). The maximum atomic E-state index is 11.8. The molecular formula is C13H20N2O3. The number of hydrogen-bond donors (Lipinski definition) is 0. The number of carbonyl (C=O) groups excluding carboxylic acids is 2. The van der Waals surface area contributed by atoms with Crippen LogP contribution in [0.2, 0.25) is 0 Å². The number of hydrogen-bond acceptors (Lipinski definition) is 4. The fourth-order valence-corrected chi connectivity index (χ4v) is 2.38. The van der Waals surface area contributed by atoms with E-state index in [9.17, 15) is 9.59 Å². The zero-order valence-corrected chi connectivity index (χ0v) is 11.2. The van der Waals surface area contributed by atoms with E-state index in [0.29, 0.717) is 5.92 Å². The number of rotatable bonds is 1. The van der Waals surface area contributed by atoms with Crippen molar-refractivity contribution in [3.63, 3.8) is 0 Å². The highest BCUT2D eigenvalue weighted by molar-refractivity contribution is 6.10. The molecular weight excluding hydrogens is 232 g/mol. The summed E-state index contributed by atoms with van der Waals surface area (Å²) in [5.74, 6) is 0.104. The minimum absolute atomic E-state index is 0.268. The van der Waals surface area contributed by atoms with E-state index >= 15 is 0 Å². The van der Waals surface area contributed by atoms with E-state index in [4.69, 9.17) is 4.74 Å². The van der Waals surface area contributed by atoms with Gasteiger partial charge in [0, 0.05) is 0 Å². The Kier molecular flexibility index (Phi) is 3.41. The molecule has 0 saturated heterocycles. The van der Waals surface area contributed by atoms with E-state index < -0.39 is 11.7 Å². The second-order valence-corrected chi connectivity index (χ2v) is 5.94. The van der Waals surface area contributed by atoms with Crippen molar-refractivity contribution >= 4 is 17.7 Å². The predicted molar refractivity (Wildman–Crippen MR) is 67.1 cm³/mol. The van der Waals surface area contributed by atoms with Crippen LogP contribution in [0.3, 0.4) is 0 Å². The summed E-state index contributed by atoms with van der Waals surface area (Å²) in [7, 11) is 0. The van der Waals surface area contributed by atoms with E-state index in [1.54, 1.807) is 20.8 Å². The van der Waals surface area contributed by atoms with Gasteiger partial charge < -0.3 is 4.74 Å². The number of carbonyl (C=O) groups is 2. The van der Waals surface area contributed by atoms with Crippen LogP contribution >= 0.6 is 0 Å². The second kappa shape index (κ2) is 4.71. The molecule has 100 valence electrons. The van der Waals surface area contributed by atoms with Gasteiger partial charge in [0.25, 0.3) is 5.91 Å². The second-order valence-electron chi connectivity index (χ2n) is 5.94. The zero-order valence-electron chi connectivity index (χ0n) is 11.2. The Morgan fingerprint density at radius 2 is 1.94 bits per heavy atom. The smallest absolute Gasteiger partial charge is 0.438 e. The van der Waals surface area contributed by atoms with Gasteiger partial charge in [0.05, 0.1) is 12.1 Å². The third-order valence-corrected chi connectivity index (χ3v) is 3.19. The Morgan fingerprint density at radius 1 is 1.33 bits per heavy atom. The van der Waals surface area contributed by atoms with Gasteiger partial charge in [-0.25, -0.2) is 4.79 Å². The van der Waals surface area contributed by atoms with Crippen molar-refractivity contribution in [2.45, 2.75) is 58.5 Å². The van der Waals surface area contributed by atoms with Crippen molar-refractivity contribution in [1.82, 2.24) is 5.01 Å². The van der Waals surface area contributed by atoms with Gasteiger partial charge in [-0.05, 0) is 39.5 Å². The molecule has 0 unspecified atom stereocenters. The summed E-state index contributed by atoms with van der Waals surface area (Å²) in [6, 6.07) is 0. The lowest BCUT2D eigenvalue weighted by Crippen LogP contribution is -2.35. The third kappa shape index (κ3) is 2.89. The van der Waals surface area contributed by atoms with E-state index in [2.05, 4.69) is 5.10 Å². The van der Waals surface area contributed by atoms with E-state index in [1.165, 1.54) is 12.8 Å². The quantitative estimate of drug-likeness (QED) is 0.721. The molecule has 0 aromatic rings. The monoisotopic (exact) mass is 252 g/mol. The molecule has 0 aromatic carbocycles. The largest absolute Gasteiger partial charge is 0.442 e. The van der Waals surface area contributed by atoms with Gasteiger partial charge in [-0.2, -0.15) is 5.10 Å². The van der Waals surface area contributed by atoms with Gasteiger partial charge in [0.15, 0.2) is 0 Å². The highest BCUT2D eigenvalue weighted by Crippen LogP contribution is 2.30. The van der Waals surface area contributed by atoms with E-state index in [-0.39, 0.29) is 12.3 Å². The maximum Gasteiger partial charge on any atom is 0.438 e. The SMILES string of the molecule is CC(C)(C)OC(=O)N1N=C(C2CCCC2)CC1=O. The van der Waals surface area contributed by atoms with Crippen LogP contribution in [0, 0.1) is 5.92 Å². The highest BCUT2D eigenvalue weighted by Gasteiger charge is 2.36. The van der Waals surface area contributed by atoms with Gasteiger partial charge in [-0.15, -0.1) is 5.01 Å². The van der Waals surface area contributed by atoms with Crippen LogP contribution in [0.15, 0.2) is 5.10 Å². The molecule has 5 heteroatoms. The van der Waals surface area contributed by atoms with Crippen molar-refractivity contribution < 1.29 is 14.3 Å². The molecule has 5 nitrogen and oxygen atoms in total. The van der Waals surface area contributed by atoms with Crippen LogP contribution in [-0.4, -0.2) is 28.3 Å². The van der Waals surface area contributed by atoms with Gasteiger partial charge in [-0.1, -0.05) is 12.8 Å². The van der Waals surface area contributed by atoms with Crippen molar-refractivity contribution in [2.24, 2.45) is 11.0 Å². The van der Waals surface area contributed by atoms with Crippen LogP contribution in [0.25, 0.3) is 0 Å². The Bertz CT molecular complexity index is 390. The van der Waals surface area contributed by atoms with Crippen LogP contribution in [0.1, 0.15) is 52.9 Å². The normalized spacial score (nSPS) is 21.4. The van der Waals surface area contributed by atoms with Gasteiger partial charge in [-0.3, -0.25) is 4.79 Å². The molecule has 0 aromatic heterocycles. The van der Waals surface area contributed by atoms with Crippen molar-refractivity contribution in [3.05, 3.63) is 0 Å². The minimum Gasteiger partial charge on any atom is -0.442 e. The molecule has 1 aliphatic carbocycles. The number of hydrazone groups is 1. The van der Waals surface area contributed by atoms with Crippen LogP contribution in [0.5, 0.6) is 0 Å². The first-order valence-electron chi connectivity index (χ1n) is 6.50. The first kappa shape index (κ1) is 13.1. The lowest BCUT2D eigenvalue weighted by atomic mass is 10.00. The van der Waals surface area contributed by atoms with E-state index in [1.807, 2.05) is 0 Å². The van der Waals surface area contributed by atoms with Crippen molar-refractivity contribution in [2.75, 3.05) is 0 Å². The molecule has 2 amide bonds. The average Bonchev–Trinajstić information content (AvgIpc) is 2.82. The molecule has 18 heavy (non-hydrogen) atoms. The Labute approximate surface area is 107 Å². The van der Waals surface area contributed by atoms with Crippen LogP contribution in [-0.2, 0) is 9.53 Å². The molecule has 0 atom stereocenters. The molecule has 1 fully saturated rings. The summed E-state index contributed by atoms with van der Waals surface area (Å²) in [6.07, 6.45) is 4.13. The summed E-state index contributed by atoms with van der Waals surface area (Å²) in [5.41, 5.74) is 0.242. The standard InChI is InChI=1S/C13H20N2O3/c1-13(2,3)18-12(17)15-11(16)8-10(14-15)9-6-4-5-7-9/h9H,4-8H2,1-3H3. The predicted octanol–water partition coefficient (Wildman–Crippen LogP) is 2.70. The lowest BCUT2D eigenvalue weighted by molar-refractivity contribution is -0.127. The topological polar surface area (TPSA) is 59.0 Å². The minimum atomic E-state index is -0.666. The van der Waals surface area contributed by atoms with Gasteiger partial charge >= 0.3 is 6.09 Å². The fourth-order valence-electron chi connectivity index (χ4n) is 2.38. The van der Waals surface area contributed by atoms with Crippen LogP contribution in [0.4, 0.5) is 4.79 Å². The zero-order chi connectivity index (χ0) is 13.3. The fraction of sp³-hybridized carbons (Fsp3) is 0.769. The number of amides is 2. The number of nitrogens with zero attached hydrogens (tertiary/aromatic N) is 2. The summed E-state index contributed by atoms with van der Waals surface area (Å²) < 4.78 is 5.16. The lowest BCUT2D eigenvalue weighted by Gasteiger charge is -2.21. The molecule has 1 aliphatic heterocycles. The molecule has 2 aliphatic rings. The van der Waals surface area contributed by atoms with Crippen molar-refractivity contribution in [3.8, 4) is 0 Å². The molecule has 0 N–H and O–H groups in total. The van der Waals surface area contributed by atoms with Crippen molar-refractivity contribution in [1.29, 1.82) is 0 Å². The number of imide groups is 1. The Hall–Kier alpha value is -1.39. The third-order valence-electron chi connectivity index (χ3n) is 3.19. The van der Waals surface area contributed by atoms with Gasteiger partial charge in [0.2, 0.25) is 0 Å². The molecule has 0 bridgehead atoms. The summed E-state index contributed by atoms with van der Waals surface area (Å²) in [5, 5.41) is 5.05. The number of ether oxygens (including phenoxy) is 1. The average molecular weight is 252 g/mol. The summed E-state index contributed by atoms with van der Waals surface area (Å²) >= 11 is 0. The molecule has 1 heterocycles. The van der Waals surface area contributed by atoms with E-state index in [0.717, 1.165) is 23.6 Å². The molecule has 0 radical (unpaired) electrons. The Morgan fingerprint density at radius 3 is 2.50 bits per heavy atom. The Balaban J connectivity index is 2.04. The summed E-state index contributed by atoms with van der Waals surface area (Å²) in [4.78, 5) is 23.6. The first-order valence-corrected chi connectivity index (χ1v) is 6.50.